The number of esters is 1. The van der Waals surface area contributed by atoms with Crippen LogP contribution in [-0.4, -0.2) is 33.0 Å². The fourth-order valence-corrected chi connectivity index (χ4v) is 11.5. The van der Waals surface area contributed by atoms with Crippen LogP contribution in [0.5, 0.6) is 11.5 Å². The van der Waals surface area contributed by atoms with Crippen LogP contribution in [0.25, 0.3) is 6.08 Å². The lowest BCUT2D eigenvalue weighted by Gasteiger charge is -2.70. The van der Waals surface area contributed by atoms with Crippen molar-refractivity contribution in [2.75, 3.05) is 0 Å². The number of allylic oxidation sites excluding steroid dienone is 2. The van der Waals surface area contributed by atoms with Crippen LogP contribution in [0.15, 0.2) is 35.9 Å². The Morgan fingerprint density at radius 3 is 2.32 bits per heavy atom. The van der Waals surface area contributed by atoms with Crippen LogP contribution in [0.2, 0.25) is 0 Å². The number of hydrogen-bond acceptors (Lipinski definition) is 5. The second-order valence-corrected chi connectivity index (χ2v) is 16.9. The highest BCUT2D eigenvalue weighted by Crippen LogP contribution is 2.76. The summed E-state index contributed by atoms with van der Waals surface area (Å²) in [5.41, 5.74) is 1.86. The number of phenols is 2. The zero-order valence-electron chi connectivity index (χ0n) is 28.6. The van der Waals surface area contributed by atoms with Gasteiger partial charge in [0, 0.05) is 11.5 Å². The minimum atomic E-state index is -0.625. The molecule has 0 heterocycles. The minimum absolute atomic E-state index is 0.140. The lowest BCUT2D eigenvalue weighted by atomic mass is 9.35. The van der Waals surface area contributed by atoms with Gasteiger partial charge < -0.3 is 20.1 Å². The van der Waals surface area contributed by atoms with Gasteiger partial charge in [0.2, 0.25) is 0 Å². The van der Waals surface area contributed by atoms with E-state index >= 15 is 0 Å². The van der Waals surface area contributed by atoms with Crippen molar-refractivity contribution in [3.8, 4) is 11.5 Å². The molecule has 44 heavy (non-hydrogen) atoms. The van der Waals surface area contributed by atoms with Crippen molar-refractivity contribution < 1.29 is 24.9 Å². The third-order valence-electron chi connectivity index (χ3n) is 14.0. The molecule has 5 rings (SSSR count). The lowest BCUT2D eigenvalue weighted by molar-refractivity contribution is -0.229. The second-order valence-electron chi connectivity index (χ2n) is 16.9. The lowest BCUT2D eigenvalue weighted by Crippen LogP contribution is -2.64. The highest BCUT2D eigenvalue weighted by Gasteiger charge is 2.69. The molecule has 244 valence electrons. The molecule has 1 aromatic carbocycles. The molecule has 4 saturated carbocycles. The number of phenolic OH excluding ortho intramolecular Hbond substituents is 2. The molecule has 0 amide bonds. The molecule has 5 unspecified atom stereocenters. The van der Waals surface area contributed by atoms with Gasteiger partial charge in [-0.1, -0.05) is 52.3 Å². The van der Waals surface area contributed by atoms with Crippen molar-refractivity contribution in [2.24, 2.45) is 45.3 Å². The summed E-state index contributed by atoms with van der Waals surface area (Å²) >= 11 is 0. The van der Waals surface area contributed by atoms with Gasteiger partial charge in [0.1, 0.15) is 6.10 Å². The summed E-state index contributed by atoms with van der Waals surface area (Å²) in [6, 6.07) is 4.50. The molecule has 9 atom stereocenters. The Balaban J connectivity index is 1.31. The van der Waals surface area contributed by atoms with E-state index in [-0.39, 0.29) is 45.2 Å². The van der Waals surface area contributed by atoms with Crippen molar-refractivity contribution in [3.05, 3.63) is 41.5 Å². The number of rotatable bonds is 7. The van der Waals surface area contributed by atoms with E-state index in [0.717, 1.165) is 38.5 Å². The summed E-state index contributed by atoms with van der Waals surface area (Å²) in [4.78, 5) is 13.0. The maximum Gasteiger partial charge on any atom is 0.331 e. The molecule has 1 aromatic rings. The summed E-state index contributed by atoms with van der Waals surface area (Å²) < 4.78 is 6.16. The highest BCUT2D eigenvalue weighted by molar-refractivity contribution is 5.87. The smallest absolute Gasteiger partial charge is 0.331 e. The number of carbonyl (C=O) groups excluding carboxylic acids is 1. The van der Waals surface area contributed by atoms with Crippen LogP contribution in [0.3, 0.4) is 0 Å². The molecule has 5 nitrogen and oxygen atoms in total. The van der Waals surface area contributed by atoms with Crippen LogP contribution in [-0.2, 0) is 9.53 Å². The number of hydrogen-bond donors (Lipinski definition) is 3. The summed E-state index contributed by atoms with van der Waals surface area (Å²) in [5.74, 6) is 1.28. The van der Waals surface area contributed by atoms with Crippen LogP contribution < -0.4 is 0 Å². The third-order valence-corrected chi connectivity index (χ3v) is 14.0. The average Bonchev–Trinajstić information content (AvgIpc) is 3.30. The van der Waals surface area contributed by atoms with E-state index in [9.17, 15) is 20.1 Å². The molecule has 0 spiro atoms. The van der Waals surface area contributed by atoms with Crippen LogP contribution >= 0.6 is 0 Å². The maximum atomic E-state index is 13.0. The Morgan fingerprint density at radius 1 is 0.932 bits per heavy atom. The highest BCUT2D eigenvalue weighted by atomic mass is 16.5. The van der Waals surface area contributed by atoms with Crippen LogP contribution in [0, 0.1) is 45.3 Å². The topological polar surface area (TPSA) is 87.0 Å². The number of carbonyl (C=O) groups is 1. The van der Waals surface area contributed by atoms with E-state index in [1.54, 1.807) is 12.1 Å². The zero-order valence-corrected chi connectivity index (χ0v) is 28.6. The van der Waals surface area contributed by atoms with Gasteiger partial charge in [-0.15, -0.1) is 0 Å². The first kappa shape index (κ1) is 33.1. The van der Waals surface area contributed by atoms with Gasteiger partial charge in [-0.2, -0.15) is 0 Å². The molecule has 0 radical (unpaired) electrons. The minimum Gasteiger partial charge on any atom is -0.504 e. The standard InChI is InChI=1S/C39H58O5/c1-25(2)10-9-20-39(8,43)28-17-22-37(6)27(28)13-15-32-36(5)21-19-33(35(3,4)31(36)18-23-38(32,37)7)44-34(42)16-12-26-11-14-29(40)30(41)24-26/h10-12,14,16,24,27-28,31-33,40-41,43H,9,13,15,17-23H2,1-8H3/b16-12+/t27?,28?,31?,32?,33-,36+,37-,38-,39?/m1/s1. The normalized spacial score (nSPS) is 39.1. The quantitative estimate of drug-likeness (QED) is 0.125. The molecule has 4 aliphatic carbocycles. The fraction of sp³-hybridized carbons (Fsp3) is 0.718. The molecule has 0 bridgehead atoms. The van der Waals surface area contributed by atoms with Crippen molar-refractivity contribution in [1.82, 2.24) is 0 Å². The molecular formula is C39H58O5. The molecule has 4 fully saturated rings. The Hall–Kier alpha value is -2.27. The largest absolute Gasteiger partial charge is 0.504 e. The van der Waals surface area contributed by atoms with Gasteiger partial charge in [-0.05, 0) is 149 Å². The number of aromatic hydroxyl groups is 2. The van der Waals surface area contributed by atoms with Gasteiger partial charge >= 0.3 is 5.97 Å². The Kier molecular flexibility index (Phi) is 8.66. The van der Waals surface area contributed by atoms with Gasteiger partial charge in [-0.3, -0.25) is 0 Å². The molecule has 3 N–H and O–H groups in total. The predicted molar refractivity (Wildman–Crippen MR) is 177 cm³/mol. The number of aliphatic hydroxyl groups is 1. The maximum absolute atomic E-state index is 13.0. The van der Waals surface area contributed by atoms with Gasteiger partial charge in [-0.25, -0.2) is 4.79 Å². The number of fused-ring (bicyclic) bond motifs is 5. The summed E-state index contributed by atoms with van der Waals surface area (Å²) in [6.07, 6.45) is 16.0. The third kappa shape index (κ3) is 5.43. The molecular weight excluding hydrogens is 548 g/mol. The fourth-order valence-electron chi connectivity index (χ4n) is 11.5. The van der Waals surface area contributed by atoms with Crippen molar-refractivity contribution in [1.29, 1.82) is 0 Å². The van der Waals surface area contributed by atoms with Crippen molar-refractivity contribution >= 4 is 12.0 Å². The first-order valence-corrected chi connectivity index (χ1v) is 17.2. The van der Waals surface area contributed by atoms with E-state index in [1.165, 1.54) is 49.5 Å². The van der Waals surface area contributed by atoms with Gasteiger partial charge in [0.25, 0.3) is 0 Å². The van der Waals surface area contributed by atoms with E-state index in [0.29, 0.717) is 29.2 Å². The van der Waals surface area contributed by atoms with Gasteiger partial charge in [0.15, 0.2) is 11.5 Å². The van der Waals surface area contributed by atoms with Crippen LogP contribution in [0.4, 0.5) is 0 Å². The first-order valence-electron chi connectivity index (χ1n) is 17.2. The van der Waals surface area contributed by atoms with E-state index < -0.39 is 5.60 Å². The van der Waals surface area contributed by atoms with E-state index in [4.69, 9.17) is 4.74 Å². The Morgan fingerprint density at radius 2 is 1.64 bits per heavy atom. The van der Waals surface area contributed by atoms with Crippen molar-refractivity contribution in [2.45, 2.75) is 131 Å². The molecule has 0 saturated heterocycles. The first-order chi connectivity index (χ1) is 20.5. The number of ether oxygens (including phenoxy) is 1. The SMILES string of the molecule is CC(C)=CCCC(C)(O)C1CC[C@]2(C)C1CCC1[C@@]3(C)CC[C@@H](OC(=O)/C=C/c4ccc(O)c(O)c4)C(C)(C)C3CC[C@]12C. The second kappa shape index (κ2) is 11.5. The summed E-state index contributed by atoms with van der Waals surface area (Å²) in [7, 11) is 0. The van der Waals surface area contributed by atoms with Crippen molar-refractivity contribution in [3.63, 3.8) is 0 Å². The summed E-state index contributed by atoms with van der Waals surface area (Å²) in [5, 5.41) is 31.1. The molecule has 0 aliphatic heterocycles. The number of benzene rings is 1. The summed E-state index contributed by atoms with van der Waals surface area (Å²) in [6.45, 7) is 18.8. The van der Waals surface area contributed by atoms with Gasteiger partial charge in [0.05, 0.1) is 5.60 Å². The molecule has 5 heteroatoms. The average molecular weight is 607 g/mol. The van der Waals surface area contributed by atoms with Crippen LogP contribution in [0.1, 0.15) is 125 Å². The zero-order chi connectivity index (χ0) is 32.3. The Labute approximate surface area is 266 Å². The molecule has 4 aliphatic rings. The molecule has 0 aromatic heterocycles. The van der Waals surface area contributed by atoms with E-state index in [2.05, 4.69) is 61.5 Å². The predicted octanol–water partition coefficient (Wildman–Crippen LogP) is 9.21. The monoisotopic (exact) mass is 606 g/mol. The van der Waals surface area contributed by atoms with E-state index in [1.807, 2.05) is 0 Å². The Bertz CT molecular complexity index is 1300.